The molecule has 1 N–H and O–H groups in total. The summed E-state index contributed by atoms with van der Waals surface area (Å²) in [6.07, 6.45) is 5.71. The molecule has 1 saturated heterocycles. The maximum absolute atomic E-state index is 3.78. The monoisotopic (exact) mass is 252 g/mol. The molecule has 2 atom stereocenters. The highest BCUT2D eigenvalue weighted by Gasteiger charge is 2.38. The Bertz CT molecular complexity index is 245. The molecule has 2 rings (SSSR count). The molecular formula is C16H32N2. The lowest BCUT2D eigenvalue weighted by atomic mass is 9.97. The molecule has 18 heavy (non-hydrogen) atoms. The van der Waals surface area contributed by atoms with Gasteiger partial charge in [-0.1, -0.05) is 27.7 Å². The Morgan fingerprint density at radius 3 is 2.44 bits per heavy atom. The van der Waals surface area contributed by atoms with Crippen LogP contribution in [0.15, 0.2) is 0 Å². The molecule has 0 aromatic heterocycles. The van der Waals surface area contributed by atoms with Crippen LogP contribution in [0.4, 0.5) is 0 Å². The van der Waals surface area contributed by atoms with Crippen LogP contribution < -0.4 is 5.32 Å². The summed E-state index contributed by atoms with van der Waals surface area (Å²) in [5.41, 5.74) is 0. The predicted octanol–water partition coefficient (Wildman–Crippen LogP) is 3.13. The van der Waals surface area contributed by atoms with Gasteiger partial charge in [-0.05, 0) is 50.0 Å². The van der Waals surface area contributed by atoms with Gasteiger partial charge in [0.1, 0.15) is 0 Å². The third-order valence-electron chi connectivity index (χ3n) is 4.69. The quantitative estimate of drug-likeness (QED) is 0.781. The number of piperazine rings is 1. The van der Waals surface area contributed by atoms with Crippen LogP contribution in [0, 0.1) is 17.8 Å². The van der Waals surface area contributed by atoms with Crippen LogP contribution in [-0.2, 0) is 0 Å². The zero-order valence-electron chi connectivity index (χ0n) is 12.8. The van der Waals surface area contributed by atoms with Crippen LogP contribution in [0.25, 0.3) is 0 Å². The molecule has 0 spiro atoms. The van der Waals surface area contributed by atoms with Gasteiger partial charge in [0.05, 0.1) is 0 Å². The zero-order chi connectivity index (χ0) is 13.1. The Morgan fingerprint density at radius 1 is 1.17 bits per heavy atom. The molecule has 0 bridgehead atoms. The molecule has 1 aliphatic carbocycles. The SMILES string of the molecule is CC(C)CCCN1CC(C(C)C)NCC1C1CC1. The van der Waals surface area contributed by atoms with Crippen molar-refractivity contribution in [1.82, 2.24) is 10.2 Å². The molecule has 2 fully saturated rings. The molecule has 0 radical (unpaired) electrons. The second-order valence-corrected chi connectivity index (χ2v) is 7.19. The highest BCUT2D eigenvalue weighted by atomic mass is 15.2. The van der Waals surface area contributed by atoms with Crippen molar-refractivity contribution < 1.29 is 0 Å². The maximum Gasteiger partial charge on any atom is 0.0249 e. The third-order valence-corrected chi connectivity index (χ3v) is 4.69. The van der Waals surface area contributed by atoms with Gasteiger partial charge in [0.25, 0.3) is 0 Å². The first kappa shape index (κ1) is 14.3. The minimum atomic E-state index is 0.707. The Labute approximate surface area is 114 Å². The highest BCUT2D eigenvalue weighted by molar-refractivity contribution is 4.95. The predicted molar refractivity (Wildman–Crippen MR) is 78.8 cm³/mol. The molecule has 2 heteroatoms. The van der Waals surface area contributed by atoms with Crippen LogP contribution in [0.1, 0.15) is 53.4 Å². The second kappa shape index (κ2) is 6.38. The van der Waals surface area contributed by atoms with Crippen LogP contribution in [0.2, 0.25) is 0 Å². The van der Waals surface area contributed by atoms with Crippen molar-refractivity contribution in [3.05, 3.63) is 0 Å². The van der Waals surface area contributed by atoms with E-state index in [9.17, 15) is 0 Å². The summed E-state index contributed by atoms with van der Waals surface area (Å²) in [4.78, 5) is 2.81. The Morgan fingerprint density at radius 2 is 1.89 bits per heavy atom. The number of nitrogens with one attached hydrogen (secondary N) is 1. The molecule has 1 heterocycles. The second-order valence-electron chi connectivity index (χ2n) is 7.19. The fourth-order valence-corrected chi connectivity index (χ4v) is 3.21. The van der Waals surface area contributed by atoms with Gasteiger partial charge in [-0.3, -0.25) is 4.90 Å². The first-order valence-electron chi connectivity index (χ1n) is 8.05. The first-order valence-corrected chi connectivity index (χ1v) is 8.05. The van der Waals surface area contributed by atoms with Crippen LogP contribution in [-0.4, -0.2) is 36.6 Å². The van der Waals surface area contributed by atoms with Gasteiger partial charge >= 0.3 is 0 Å². The smallest absolute Gasteiger partial charge is 0.0249 e. The lowest BCUT2D eigenvalue weighted by molar-refractivity contribution is 0.0968. The lowest BCUT2D eigenvalue weighted by Crippen LogP contribution is -2.58. The van der Waals surface area contributed by atoms with Crippen molar-refractivity contribution in [2.75, 3.05) is 19.6 Å². The van der Waals surface area contributed by atoms with Gasteiger partial charge in [-0.2, -0.15) is 0 Å². The van der Waals surface area contributed by atoms with E-state index in [0.717, 1.165) is 23.8 Å². The van der Waals surface area contributed by atoms with E-state index in [-0.39, 0.29) is 0 Å². The number of hydrogen-bond donors (Lipinski definition) is 1. The zero-order valence-corrected chi connectivity index (χ0v) is 12.8. The highest BCUT2D eigenvalue weighted by Crippen LogP contribution is 2.36. The van der Waals surface area contributed by atoms with Crippen molar-refractivity contribution in [3.8, 4) is 0 Å². The molecule has 2 unspecified atom stereocenters. The Kier molecular flexibility index (Phi) is 5.08. The molecule has 0 aromatic rings. The van der Waals surface area contributed by atoms with Crippen molar-refractivity contribution in [2.45, 2.75) is 65.5 Å². The van der Waals surface area contributed by atoms with E-state index in [1.54, 1.807) is 0 Å². The standard InChI is InChI=1S/C16H32N2/c1-12(2)6-5-9-18-11-15(13(3)4)17-10-16(18)14-7-8-14/h12-17H,5-11H2,1-4H3. The van der Waals surface area contributed by atoms with E-state index in [4.69, 9.17) is 0 Å². The van der Waals surface area contributed by atoms with E-state index in [2.05, 4.69) is 37.9 Å². The van der Waals surface area contributed by atoms with Gasteiger partial charge in [0.15, 0.2) is 0 Å². The summed E-state index contributed by atoms with van der Waals surface area (Å²) >= 11 is 0. The summed E-state index contributed by atoms with van der Waals surface area (Å²) in [5.74, 6) is 2.62. The molecule has 0 amide bonds. The van der Waals surface area contributed by atoms with Crippen molar-refractivity contribution in [3.63, 3.8) is 0 Å². The van der Waals surface area contributed by atoms with Gasteiger partial charge in [-0.25, -0.2) is 0 Å². The average Bonchev–Trinajstić information content (AvgIpc) is 3.12. The number of nitrogens with zero attached hydrogens (tertiary/aromatic N) is 1. The minimum Gasteiger partial charge on any atom is -0.311 e. The summed E-state index contributed by atoms with van der Waals surface area (Å²) in [6, 6.07) is 1.55. The van der Waals surface area contributed by atoms with Gasteiger partial charge in [0.2, 0.25) is 0 Å². The Hall–Kier alpha value is -0.0800. The van der Waals surface area contributed by atoms with Gasteiger partial charge in [-0.15, -0.1) is 0 Å². The molecule has 1 saturated carbocycles. The average molecular weight is 252 g/mol. The molecular weight excluding hydrogens is 220 g/mol. The van der Waals surface area contributed by atoms with E-state index in [1.807, 2.05) is 0 Å². The fourth-order valence-electron chi connectivity index (χ4n) is 3.21. The fraction of sp³-hybridized carbons (Fsp3) is 1.00. The van der Waals surface area contributed by atoms with Crippen molar-refractivity contribution in [2.24, 2.45) is 17.8 Å². The minimum absolute atomic E-state index is 0.707. The van der Waals surface area contributed by atoms with Crippen LogP contribution in [0.3, 0.4) is 0 Å². The summed E-state index contributed by atoms with van der Waals surface area (Å²) < 4.78 is 0. The van der Waals surface area contributed by atoms with E-state index in [1.165, 1.54) is 45.3 Å². The topological polar surface area (TPSA) is 15.3 Å². The molecule has 2 nitrogen and oxygen atoms in total. The van der Waals surface area contributed by atoms with Crippen molar-refractivity contribution in [1.29, 1.82) is 0 Å². The van der Waals surface area contributed by atoms with Gasteiger partial charge < -0.3 is 5.32 Å². The molecule has 106 valence electrons. The summed E-state index contributed by atoms with van der Waals surface area (Å²) in [7, 11) is 0. The van der Waals surface area contributed by atoms with Crippen LogP contribution in [0.5, 0.6) is 0 Å². The number of rotatable bonds is 6. The molecule has 2 aliphatic rings. The summed E-state index contributed by atoms with van der Waals surface area (Å²) in [5, 5.41) is 3.78. The van der Waals surface area contributed by atoms with E-state index in [0.29, 0.717) is 6.04 Å². The Balaban J connectivity index is 1.83. The molecule has 0 aromatic carbocycles. The van der Waals surface area contributed by atoms with E-state index < -0.39 is 0 Å². The normalized spacial score (nSPS) is 30.3. The third kappa shape index (κ3) is 3.96. The van der Waals surface area contributed by atoms with E-state index >= 15 is 0 Å². The lowest BCUT2D eigenvalue weighted by Gasteiger charge is -2.42. The molecule has 1 aliphatic heterocycles. The maximum atomic E-state index is 3.78. The largest absolute Gasteiger partial charge is 0.311 e. The van der Waals surface area contributed by atoms with Crippen LogP contribution >= 0.6 is 0 Å². The first-order chi connectivity index (χ1) is 8.58. The number of hydrogen-bond acceptors (Lipinski definition) is 2. The van der Waals surface area contributed by atoms with Gasteiger partial charge in [0, 0.05) is 25.2 Å². The summed E-state index contributed by atoms with van der Waals surface area (Å²) in [6.45, 7) is 13.2. The van der Waals surface area contributed by atoms with Crippen molar-refractivity contribution >= 4 is 0 Å².